The van der Waals surface area contributed by atoms with Crippen molar-refractivity contribution < 1.29 is 112 Å². The van der Waals surface area contributed by atoms with Crippen molar-refractivity contribution in [3.05, 3.63) is 0 Å². The van der Waals surface area contributed by atoms with E-state index in [0.29, 0.717) is 0 Å². The van der Waals surface area contributed by atoms with Gasteiger partial charge in [0.2, 0.25) is 17.7 Å². The Bertz CT molecular complexity index is 1540. The first kappa shape index (κ1) is 54.4. The van der Waals surface area contributed by atoms with Gasteiger partial charge in [0.15, 0.2) is 25.2 Å². The first-order valence-corrected chi connectivity index (χ1v) is 20.6. The van der Waals surface area contributed by atoms with E-state index in [1.807, 2.05) is 0 Å². The van der Waals surface area contributed by atoms with Crippen LogP contribution in [-0.2, 0) is 71.3 Å². The van der Waals surface area contributed by atoms with Crippen molar-refractivity contribution in [1.29, 1.82) is 0 Å². The topological polar surface area (TPSA) is 392 Å². The molecule has 4 fully saturated rings. The number of aliphatic hydroxyl groups is 7. The normalized spacial score (nSPS) is 38.9. The molecule has 28 heteroatoms. The number of carboxylic acid groups (broad SMARTS) is 1. The molecule has 4 aliphatic heterocycles. The number of rotatable bonds is 23. The van der Waals surface area contributed by atoms with E-state index in [2.05, 4.69) is 26.7 Å². The second kappa shape index (κ2) is 26.4. The lowest BCUT2D eigenvalue weighted by molar-refractivity contribution is -0.356. The minimum Gasteiger partial charge on any atom is -0.480 e. The summed E-state index contributed by atoms with van der Waals surface area (Å²) in [6.45, 7) is -0.255. The third-order valence-corrected chi connectivity index (χ3v) is 10.8. The lowest BCUT2D eigenvalue weighted by Crippen LogP contribution is -2.67. The summed E-state index contributed by atoms with van der Waals surface area (Å²) >= 11 is 0. The molecule has 0 aromatic heterocycles. The Labute approximate surface area is 372 Å². The third-order valence-electron chi connectivity index (χ3n) is 10.8. The molecular formula is C37H63N5O23. The fraction of sp³-hybridized carbons (Fsp3) is 0.865. The molecule has 374 valence electrons. The predicted octanol–water partition coefficient (Wildman–Crippen LogP) is -6.97. The molecule has 12 N–H and O–H groups in total. The Morgan fingerprint density at radius 3 is 1.92 bits per heavy atom. The molecule has 0 radical (unpaired) electrons. The molecule has 19 unspecified atom stereocenters. The van der Waals surface area contributed by atoms with Gasteiger partial charge in [-0.1, -0.05) is 0 Å². The molecular weight excluding hydrogens is 882 g/mol. The quantitative estimate of drug-likeness (QED) is 0.0257. The van der Waals surface area contributed by atoms with Crippen molar-refractivity contribution >= 4 is 29.9 Å². The molecule has 4 heterocycles. The molecule has 0 saturated carbocycles. The summed E-state index contributed by atoms with van der Waals surface area (Å²) in [6.07, 6.45) is -23.8. The van der Waals surface area contributed by atoms with Gasteiger partial charge in [-0.05, 0) is 12.8 Å². The number of carbonyl (C=O) groups is 4. The molecule has 4 aliphatic rings. The maximum absolute atomic E-state index is 12.6. The van der Waals surface area contributed by atoms with Crippen LogP contribution in [-0.4, -0.2) is 242 Å². The molecule has 65 heavy (non-hydrogen) atoms. The average molecular weight is 946 g/mol. The second-order valence-electron chi connectivity index (χ2n) is 15.4. The molecule has 19 atom stereocenters. The van der Waals surface area contributed by atoms with E-state index in [4.69, 9.17) is 57.2 Å². The zero-order valence-electron chi connectivity index (χ0n) is 36.4. The highest BCUT2D eigenvalue weighted by Gasteiger charge is 2.52. The Hall–Kier alpha value is -3.21. The summed E-state index contributed by atoms with van der Waals surface area (Å²) < 4.78 is 60.3. The van der Waals surface area contributed by atoms with Gasteiger partial charge in [0, 0.05) is 54.7 Å². The van der Waals surface area contributed by atoms with Crippen molar-refractivity contribution in [2.75, 3.05) is 54.8 Å². The lowest BCUT2D eigenvalue weighted by atomic mass is 9.96. The fourth-order valence-corrected chi connectivity index (χ4v) is 7.42. The second-order valence-corrected chi connectivity index (χ2v) is 15.4. The van der Waals surface area contributed by atoms with Crippen LogP contribution in [0.2, 0.25) is 0 Å². The number of carbonyl (C=O) groups excluding carboxylic acids is 3. The van der Waals surface area contributed by atoms with Crippen LogP contribution in [0.15, 0.2) is 5.10 Å². The van der Waals surface area contributed by atoms with E-state index in [1.54, 1.807) is 0 Å². The van der Waals surface area contributed by atoms with Gasteiger partial charge in [0.1, 0.15) is 98.1 Å². The number of aliphatic carboxylic acids is 1. The van der Waals surface area contributed by atoms with E-state index in [1.165, 1.54) is 35.4 Å². The SMILES string of the molecule is COC1COC(OC2C(O)C(/C=N/NC(=O)CCCCC(=O)NNCC3OC(OC)C(O)C(O)C3OC3OC(COCC(=O)O)C(OC)C(O)C3O)OC(OC)C2NC(C)=O)C(O)C1O. The number of unbranched alkanes of at least 4 members (excludes halogenated alkanes) is 1. The maximum atomic E-state index is 12.6. The van der Waals surface area contributed by atoms with E-state index < -0.39 is 147 Å². The van der Waals surface area contributed by atoms with Gasteiger partial charge in [-0.3, -0.25) is 19.8 Å². The number of nitrogens with zero attached hydrogens (tertiary/aromatic N) is 1. The number of hydrogen-bond acceptors (Lipinski definition) is 24. The van der Waals surface area contributed by atoms with E-state index in [9.17, 15) is 54.9 Å². The highest BCUT2D eigenvalue weighted by molar-refractivity contribution is 5.78. The number of aliphatic hydroxyl groups excluding tert-OH is 7. The number of ether oxygens (including phenoxy) is 11. The molecule has 0 aromatic carbocycles. The van der Waals surface area contributed by atoms with Gasteiger partial charge in [-0.2, -0.15) is 5.10 Å². The van der Waals surface area contributed by atoms with E-state index >= 15 is 0 Å². The van der Waals surface area contributed by atoms with Gasteiger partial charge in [0.25, 0.3) is 0 Å². The van der Waals surface area contributed by atoms with Crippen LogP contribution in [0.25, 0.3) is 0 Å². The first-order chi connectivity index (χ1) is 30.9. The molecule has 0 bridgehead atoms. The summed E-state index contributed by atoms with van der Waals surface area (Å²) in [6, 6.07) is -1.11. The smallest absolute Gasteiger partial charge is 0.329 e. The summed E-state index contributed by atoms with van der Waals surface area (Å²) in [7, 11) is 5.05. The van der Waals surface area contributed by atoms with Crippen LogP contribution in [0.5, 0.6) is 0 Å². The van der Waals surface area contributed by atoms with E-state index in [0.717, 1.165) is 6.21 Å². The van der Waals surface area contributed by atoms with Crippen molar-refractivity contribution in [3.8, 4) is 0 Å². The zero-order valence-corrected chi connectivity index (χ0v) is 36.4. The number of carboxylic acids is 1. The van der Waals surface area contributed by atoms with Gasteiger partial charge in [0.05, 0.1) is 19.4 Å². The van der Waals surface area contributed by atoms with Crippen LogP contribution in [0.4, 0.5) is 0 Å². The van der Waals surface area contributed by atoms with Gasteiger partial charge in [-0.15, -0.1) is 0 Å². The van der Waals surface area contributed by atoms with E-state index in [-0.39, 0.29) is 45.4 Å². The number of nitrogens with one attached hydrogen (secondary N) is 4. The molecule has 0 aromatic rings. The van der Waals surface area contributed by atoms with Crippen LogP contribution >= 0.6 is 0 Å². The summed E-state index contributed by atoms with van der Waals surface area (Å²) in [4.78, 5) is 48.2. The number of methoxy groups -OCH3 is 4. The van der Waals surface area contributed by atoms with Gasteiger partial charge in [-0.25, -0.2) is 15.6 Å². The monoisotopic (exact) mass is 945 g/mol. The van der Waals surface area contributed by atoms with Crippen molar-refractivity contribution in [2.24, 2.45) is 5.10 Å². The Morgan fingerprint density at radius 2 is 1.29 bits per heavy atom. The summed E-state index contributed by atoms with van der Waals surface area (Å²) in [5.41, 5.74) is 7.39. The molecule has 4 saturated heterocycles. The molecule has 0 aliphatic carbocycles. The minimum atomic E-state index is -1.75. The number of hydrogen-bond donors (Lipinski definition) is 12. The predicted molar refractivity (Wildman–Crippen MR) is 210 cm³/mol. The third kappa shape index (κ3) is 14.9. The highest BCUT2D eigenvalue weighted by Crippen LogP contribution is 2.31. The molecule has 4 rings (SSSR count). The average Bonchev–Trinajstić information content (AvgIpc) is 3.26. The van der Waals surface area contributed by atoms with Gasteiger partial charge >= 0.3 is 5.97 Å². The Morgan fingerprint density at radius 1 is 0.677 bits per heavy atom. The van der Waals surface area contributed by atoms with Crippen molar-refractivity contribution in [3.63, 3.8) is 0 Å². The molecule has 3 amide bonds. The molecule has 28 nitrogen and oxygen atoms in total. The van der Waals surface area contributed by atoms with Crippen LogP contribution in [0.3, 0.4) is 0 Å². The summed E-state index contributed by atoms with van der Waals surface area (Å²) in [5, 5.41) is 90.6. The summed E-state index contributed by atoms with van der Waals surface area (Å²) in [5.74, 6) is -2.84. The minimum absolute atomic E-state index is 0.0526. The van der Waals surface area contributed by atoms with Crippen LogP contribution in [0.1, 0.15) is 32.6 Å². The van der Waals surface area contributed by atoms with Crippen molar-refractivity contribution in [1.82, 2.24) is 21.6 Å². The van der Waals surface area contributed by atoms with Crippen LogP contribution in [0, 0.1) is 0 Å². The number of amides is 3. The maximum Gasteiger partial charge on any atom is 0.329 e. The first-order valence-electron chi connectivity index (χ1n) is 20.6. The molecule has 0 spiro atoms. The zero-order chi connectivity index (χ0) is 48.0. The lowest BCUT2D eigenvalue weighted by Gasteiger charge is -2.46. The standard InChI is InChI=1S/C37H63N5O23/c1-15(43)40-23-33(65-36-28(52)24(48)18(55-2)13-60-36)25(49)16(61-34(23)57-4)10-38-41-20(44)8-6-7-9-21(45)42-39-11-17-32(27(51)29(53)35(58-5)62-17)64-37-30(54)26(50)31(56-3)19(63-37)12-59-14-22(46)47/h10,16-19,23-37,39,48-54H,6-9,11-14H2,1-5H3,(H,40,43)(H,41,44)(H,42,45)(H,46,47)/b38-10+. The highest BCUT2D eigenvalue weighted by atomic mass is 16.7. The van der Waals surface area contributed by atoms with Crippen molar-refractivity contribution in [2.45, 2.75) is 149 Å². The largest absolute Gasteiger partial charge is 0.480 e. The Balaban J connectivity index is 1.24. The fourth-order valence-electron chi connectivity index (χ4n) is 7.42. The van der Waals surface area contributed by atoms with Crippen LogP contribution < -0.4 is 21.6 Å². The number of hydrazine groups is 1. The van der Waals surface area contributed by atoms with Gasteiger partial charge < -0.3 is 98.3 Å². The Kier molecular flexibility index (Phi) is 22.1. The number of hydrazone groups is 1.